The van der Waals surface area contributed by atoms with Crippen molar-refractivity contribution in [2.75, 3.05) is 10.6 Å². The van der Waals surface area contributed by atoms with Gasteiger partial charge in [-0.25, -0.2) is 0 Å². The Morgan fingerprint density at radius 3 is 2.54 bits per heavy atom. The molecule has 0 spiro atoms. The highest BCUT2D eigenvalue weighted by atomic mass is 35.5. The quantitative estimate of drug-likeness (QED) is 0.625. The van der Waals surface area contributed by atoms with Gasteiger partial charge in [0.1, 0.15) is 0 Å². The number of hydrogen-bond donors (Lipinski definition) is 2. The topological polar surface area (TPSA) is 41.9 Å². The molecule has 0 unspecified atom stereocenters. The summed E-state index contributed by atoms with van der Waals surface area (Å²) in [6.45, 7) is 0.660. The fraction of sp³-hybridized carbons (Fsp3) is 0.0588. The fourth-order valence-corrected chi connectivity index (χ4v) is 2.68. The van der Waals surface area contributed by atoms with Gasteiger partial charge < -0.3 is 10.6 Å². The summed E-state index contributed by atoms with van der Waals surface area (Å²) >= 11 is 17.1. The van der Waals surface area contributed by atoms with Crippen LogP contribution in [0.5, 0.6) is 0 Å². The summed E-state index contributed by atoms with van der Waals surface area (Å²) in [6.07, 6.45) is 1.89. The predicted molar refractivity (Wildman–Crippen MR) is 104 cm³/mol. The van der Waals surface area contributed by atoms with Crippen molar-refractivity contribution < 1.29 is 0 Å². The molecule has 0 fully saturated rings. The first-order valence-electron chi connectivity index (χ1n) is 7.20. The molecule has 3 aromatic rings. The third kappa shape index (κ3) is 4.71. The van der Waals surface area contributed by atoms with Gasteiger partial charge in [-0.15, -0.1) is 0 Å². The van der Waals surface area contributed by atoms with Crippen molar-refractivity contribution in [2.24, 2.45) is 0 Å². The summed E-state index contributed by atoms with van der Waals surface area (Å²) in [5, 5.41) is 12.4. The van der Waals surface area contributed by atoms with Crippen molar-refractivity contribution in [1.82, 2.24) is 9.78 Å². The number of anilines is 2. The number of nitrogens with zero attached hydrogens (tertiary/aromatic N) is 2. The molecule has 0 amide bonds. The number of thiocarbonyl (C=S) groups is 1. The lowest BCUT2D eigenvalue weighted by Crippen LogP contribution is -2.19. The average Bonchev–Trinajstić information content (AvgIpc) is 2.96. The summed E-state index contributed by atoms with van der Waals surface area (Å²) < 4.78 is 1.83. The van der Waals surface area contributed by atoms with Gasteiger partial charge in [-0.2, -0.15) is 5.10 Å². The zero-order valence-corrected chi connectivity index (χ0v) is 14.9. The number of halogens is 2. The van der Waals surface area contributed by atoms with E-state index >= 15 is 0 Å². The normalized spacial score (nSPS) is 10.4. The lowest BCUT2D eigenvalue weighted by atomic mass is 10.2. The van der Waals surface area contributed by atoms with E-state index in [1.165, 1.54) is 0 Å². The van der Waals surface area contributed by atoms with Crippen molar-refractivity contribution in [3.8, 4) is 0 Å². The van der Waals surface area contributed by atoms with Crippen LogP contribution in [0, 0.1) is 0 Å². The van der Waals surface area contributed by atoms with Crippen LogP contribution in [0.2, 0.25) is 10.0 Å². The lowest BCUT2D eigenvalue weighted by molar-refractivity contribution is 0.690. The maximum absolute atomic E-state index is 5.95. The maximum Gasteiger partial charge on any atom is 0.176 e. The van der Waals surface area contributed by atoms with Crippen LogP contribution in [-0.4, -0.2) is 14.9 Å². The Morgan fingerprint density at radius 1 is 1.00 bits per heavy atom. The summed E-state index contributed by atoms with van der Waals surface area (Å²) in [4.78, 5) is 0. The minimum Gasteiger partial charge on any atom is -0.332 e. The van der Waals surface area contributed by atoms with Gasteiger partial charge in [0.2, 0.25) is 0 Å². The van der Waals surface area contributed by atoms with Crippen LogP contribution in [0.15, 0.2) is 60.8 Å². The number of nitrogens with one attached hydrogen (secondary N) is 2. The summed E-state index contributed by atoms with van der Waals surface area (Å²) in [6, 6.07) is 16.9. The third-order valence-electron chi connectivity index (χ3n) is 3.22. The van der Waals surface area contributed by atoms with E-state index < -0.39 is 0 Å². The van der Waals surface area contributed by atoms with Gasteiger partial charge >= 0.3 is 0 Å². The van der Waals surface area contributed by atoms with Gasteiger partial charge in [0.05, 0.1) is 6.54 Å². The number of rotatable bonds is 4. The zero-order valence-electron chi connectivity index (χ0n) is 12.5. The second-order valence-electron chi connectivity index (χ2n) is 5.11. The molecule has 0 radical (unpaired) electrons. The second kappa shape index (κ2) is 7.66. The Balaban J connectivity index is 1.59. The zero-order chi connectivity index (χ0) is 16.9. The van der Waals surface area contributed by atoms with Crippen LogP contribution >= 0.6 is 35.4 Å². The first-order chi connectivity index (χ1) is 11.6. The summed E-state index contributed by atoms with van der Waals surface area (Å²) in [7, 11) is 0. The Bertz CT molecular complexity index is 846. The largest absolute Gasteiger partial charge is 0.332 e. The van der Waals surface area contributed by atoms with Gasteiger partial charge in [-0.1, -0.05) is 41.4 Å². The van der Waals surface area contributed by atoms with E-state index in [1.54, 1.807) is 6.07 Å². The molecule has 2 aromatic carbocycles. The molecule has 2 N–H and O–H groups in total. The van der Waals surface area contributed by atoms with E-state index in [9.17, 15) is 0 Å². The standard InChI is InChI=1S/C17H14Cl2N4S/c18-13-6-4-12(5-7-13)11-23-9-8-16(22-23)21-17(24)20-15-3-1-2-14(19)10-15/h1-10H,11H2,(H2,20,21,22,24). The summed E-state index contributed by atoms with van der Waals surface area (Å²) in [5.41, 5.74) is 1.94. The first kappa shape index (κ1) is 16.8. The summed E-state index contributed by atoms with van der Waals surface area (Å²) in [5.74, 6) is 0.670. The highest BCUT2D eigenvalue weighted by Crippen LogP contribution is 2.15. The minimum absolute atomic E-state index is 0.453. The van der Waals surface area contributed by atoms with Crippen LogP contribution in [0.25, 0.3) is 0 Å². The average molecular weight is 377 g/mol. The molecule has 0 bridgehead atoms. The minimum atomic E-state index is 0.453. The van der Waals surface area contributed by atoms with Crippen molar-refractivity contribution in [1.29, 1.82) is 0 Å². The van der Waals surface area contributed by atoms with Gasteiger partial charge in [0, 0.05) is 28.0 Å². The van der Waals surface area contributed by atoms with Crippen LogP contribution in [0.1, 0.15) is 5.56 Å². The molecule has 0 aliphatic rings. The molecule has 1 heterocycles. The Hall–Kier alpha value is -2.08. The van der Waals surface area contributed by atoms with E-state index in [-0.39, 0.29) is 0 Å². The maximum atomic E-state index is 5.95. The third-order valence-corrected chi connectivity index (χ3v) is 3.91. The molecule has 0 saturated carbocycles. The smallest absolute Gasteiger partial charge is 0.176 e. The molecule has 1 aromatic heterocycles. The fourth-order valence-electron chi connectivity index (χ4n) is 2.14. The highest BCUT2D eigenvalue weighted by Gasteiger charge is 2.03. The molecule has 7 heteroatoms. The van der Waals surface area contributed by atoms with Crippen molar-refractivity contribution in [3.63, 3.8) is 0 Å². The van der Waals surface area contributed by atoms with Crippen LogP contribution in [0.3, 0.4) is 0 Å². The molecule has 0 aliphatic carbocycles. The number of benzene rings is 2. The van der Waals surface area contributed by atoms with Crippen LogP contribution < -0.4 is 10.6 Å². The Kier molecular flexibility index (Phi) is 5.35. The van der Waals surface area contributed by atoms with E-state index in [2.05, 4.69) is 15.7 Å². The molecule has 4 nitrogen and oxygen atoms in total. The molecular formula is C17H14Cl2N4S. The second-order valence-corrected chi connectivity index (χ2v) is 6.40. The Morgan fingerprint density at radius 2 is 1.79 bits per heavy atom. The highest BCUT2D eigenvalue weighted by molar-refractivity contribution is 7.80. The molecule has 0 aliphatic heterocycles. The van der Waals surface area contributed by atoms with Gasteiger partial charge in [0.25, 0.3) is 0 Å². The van der Waals surface area contributed by atoms with E-state index in [4.69, 9.17) is 35.4 Å². The van der Waals surface area contributed by atoms with Gasteiger partial charge in [-0.05, 0) is 48.1 Å². The van der Waals surface area contributed by atoms with Crippen LogP contribution in [0.4, 0.5) is 11.5 Å². The lowest BCUT2D eigenvalue weighted by Gasteiger charge is -2.08. The number of hydrogen-bond acceptors (Lipinski definition) is 2. The predicted octanol–water partition coefficient (Wildman–Crippen LogP) is 5.05. The van der Waals surface area contributed by atoms with Gasteiger partial charge in [0.15, 0.2) is 10.9 Å². The SMILES string of the molecule is S=C(Nc1cccc(Cl)c1)Nc1ccn(Cc2ccc(Cl)cc2)n1. The molecule has 0 atom stereocenters. The van der Waals surface area contributed by atoms with E-state index in [0.29, 0.717) is 22.5 Å². The van der Waals surface area contributed by atoms with Crippen molar-refractivity contribution >= 4 is 52.0 Å². The molecule has 3 rings (SSSR count). The molecule has 122 valence electrons. The van der Waals surface area contributed by atoms with Crippen molar-refractivity contribution in [3.05, 3.63) is 76.4 Å². The number of aromatic nitrogens is 2. The molecule has 0 saturated heterocycles. The monoisotopic (exact) mass is 376 g/mol. The van der Waals surface area contributed by atoms with Crippen LogP contribution in [-0.2, 0) is 6.54 Å². The van der Waals surface area contributed by atoms with E-state index in [1.807, 2.05) is 59.4 Å². The molecular weight excluding hydrogens is 363 g/mol. The first-order valence-corrected chi connectivity index (χ1v) is 8.36. The van der Waals surface area contributed by atoms with Gasteiger partial charge in [-0.3, -0.25) is 4.68 Å². The molecule has 24 heavy (non-hydrogen) atoms. The Labute approximate surface area is 155 Å². The van der Waals surface area contributed by atoms with E-state index in [0.717, 1.165) is 16.3 Å². The van der Waals surface area contributed by atoms with Crippen molar-refractivity contribution in [2.45, 2.75) is 6.54 Å².